The number of aromatic nitrogens is 4. The molecule has 0 amide bonds. The summed E-state index contributed by atoms with van der Waals surface area (Å²) in [6, 6.07) is 0. The van der Waals surface area contributed by atoms with Gasteiger partial charge in [-0.25, -0.2) is 5.10 Å². The van der Waals surface area contributed by atoms with Crippen molar-refractivity contribution in [2.24, 2.45) is 5.92 Å². The van der Waals surface area contributed by atoms with Gasteiger partial charge in [-0.05, 0) is 48.8 Å². The molecule has 0 atom stereocenters. The molecule has 98 valence electrons. The summed E-state index contributed by atoms with van der Waals surface area (Å²) >= 11 is 6.79. The lowest BCUT2D eigenvalue weighted by Crippen LogP contribution is -2.23. The van der Waals surface area contributed by atoms with Crippen molar-refractivity contribution in [2.75, 3.05) is 0 Å². The highest BCUT2D eigenvalue weighted by Gasteiger charge is 2.25. The first-order valence-electron chi connectivity index (χ1n) is 6.24. The van der Waals surface area contributed by atoms with Gasteiger partial charge in [0.25, 0.3) is 5.56 Å². The van der Waals surface area contributed by atoms with Crippen molar-refractivity contribution in [3.05, 3.63) is 26.1 Å². The molecule has 0 aliphatic heterocycles. The lowest BCUT2D eigenvalue weighted by molar-refractivity contribution is 0.616. The molecule has 1 fully saturated rings. The molecule has 0 aromatic carbocycles. The quantitative estimate of drug-likeness (QED) is 0.738. The van der Waals surface area contributed by atoms with Gasteiger partial charge in [0, 0.05) is 6.54 Å². The van der Waals surface area contributed by atoms with Crippen molar-refractivity contribution in [3.8, 4) is 0 Å². The van der Waals surface area contributed by atoms with Crippen LogP contribution in [0.25, 0.3) is 16.0 Å². The topological polar surface area (TPSA) is 55.1 Å². The van der Waals surface area contributed by atoms with E-state index in [1.807, 2.05) is 16.7 Å². The molecule has 3 heterocycles. The number of aromatic amines is 1. The minimum absolute atomic E-state index is 0.0569. The molecule has 3 aromatic heterocycles. The third kappa shape index (κ3) is 1.54. The van der Waals surface area contributed by atoms with Crippen LogP contribution in [0, 0.1) is 17.6 Å². The molecule has 1 aliphatic rings. The molecule has 0 saturated heterocycles. The number of thiophene rings is 1. The molecule has 0 spiro atoms. The summed E-state index contributed by atoms with van der Waals surface area (Å²) < 4.78 is 4.97. The lowest BCUT2D eigenvalue weighted by atomic mass is 10.3. The van der Waals surface area contributed by atoms with Crippen LogP contribution in [-0.2, 0) is 6.54 Å². The Morgan fingerprint density at radius 2 is 2.37 bits per heavy atom. The number of nitrogens with one attached hydrogen (secondary N) is 1. The zero-order chi connectivity index (χ0) is 13.1. The number of hydrogen-bond acceptors (Lipinski definition) is 4. The van der Waals surface area contributed by atoms with Gasteiger partial charge in [-0.3, -0.25) is 13.8 Å². The zero-order valence-electron chi connectivity index (χ0n) is 10.3. The molecule has 0 radical (unpaired) electrons. The number of hydrogen-bond donors (Lipinski definition) is 1. The highest BCUT2D eigenvalue weighted by atomic mass is 32.1. The van der Waals surface area contributed by atoms with Gasteiger partial charge in [-0.15, -0.1) is 16.4 Å². The predicted molar refractivity (Wildman–Crippen MR) is 77.5 cm³/mol. The van der Waals surface area contributed by atoms with Crippen LogP contribution in [0.1, 0.15) is 18.4 Å². The Hall–Kier alpha value is -1.47. The molecule has 1 aliphatic carbocycles. The van der Waals surface area contributed by atoms with Gasteiger partial charge < -0.3 is 0 Å². The Labute approximate surface area is 117 Å². The molecule has 1 saturated carbocycles. The van der Waals surface area contributed by atoms with Crippen molar-refractivity contribution in [3.63, 3.8) is 0 Å². The van der Waals surface area contributed by atoms with Crippen LogP contribution < -0.4 is 5.56 Å². The van der Waals surface area contributed by atoms with Crippen LogP contribution in [0.3, 0.4) is 0 Å². The molecule has 0 bridgehead atoms. The van der Waals surface area contributed by atoms with Gasteiger partial charge >= 0.3 is 0 Å². The van der Waals surface area contributed by atoms with Gasteiger partial charge in [-0.1, -0.05) is 0 Å². The van der Waals surface area contributed by atoms with Crippen LogP contribution in [0.5, 0.6) is 0 Å². The maximum Gasteiger partial charge on any atom is 0.272 e. The summed E-state index contributed by atoms with van der Waals surface area (Å²) in [4.78, 5) is 12.6. The number of aryl methyl sites for hydroxylation is 1. The first-order chi connectivity index (χ1) is 9.16. The van der Waals surface area contributed by atoms with Gasteiger partial charge in [0.1, 0.15) is 4.70 Å². The lowest BCUT2D eigenvalue weighted by Gasteiger charge is -2.07. The van der Waals surface area contributed by atoms with Gasteiger partial charge in [0.05, 0.1) is 5.52 Å². The van der Waals surface area contributed by atoms with E-state index >= 15 is 0 Å². The molecule has 3 aromatic rings. The molecular formula is C12H12N4OS2. The van der Waals surface area contributed by atoms with Crippen molar-refractivity contribution in [1.82, 2.24) is 19.2 Å². The summed E-state index contributed by atoms with van der Waals surface area (Å²) in [6.07, 6.45) is 2.40. The average molecular weight is 292 g/mol. The van der Waals surface area contributed by atoms with Gasteiger partial charge in [0.2, 0.25) is 10.5 Å². The van der Waals surface area contributed by atoms with Crippen LogP contribution in [0.15, 0.2) is 10.2 Å². The summed E-state index contributed by atoms with van der Waals surface area (Å²) in [5, 5.41) is 9.05. The summed E-state index contributed by atoms with van der Waals surface area (Å²) in [5.74, 6) is 1.25. The molecule has 4 rings (SSSR count). The predicted octanol–water partition coefficient (Wildman–Crippen LogP) is 2.49. The molecular weight excluding hydrogens is 280 g/mol. The van der Waals surface area contributed by atoms with Crippen LogP contribution >= 0.6 is 23.6 Å². The van der Waals surface area contributed by atoms with Crippen LogP contribution in [0.4, 0.5) is 0 Å². The monoisotopic (exact) mass is 292 g/mol. The molecule has 5 nitrogen and oxygen atoms in total. The number of nitrogens with zero attached hydrogens (tertiary/aromatic N) is 3. The Kier molecular flexibility index (Phi) is 2.25. The number of rotatable bonds is 2. The third-order valence-electron chi connectivity index (χ3n) is 3.64. The van der Waals surface area contributed by atoms with E-state index in [0.717, 1.165) is 22.3 Å². The number of H-pyrrole nitrogens is 1. The fourth-order valence-electron chi connectivity index (χ4n) is 2.48. The third-order valence-corrected chi connectivity index (χ3v) is 4.99. The largest absolute Gasteiger partial charge is 0.275 e. The minimum atomic E-state index is 0.0569. The van der Waals surface area contributed by atoms with Crippen molar-refractivity contribution >= 4 is 39.5 Å². The second-order valence-corrected chi connectivity index (χ2v) is 6.39. The zero-order valence-corrected chi connectivity index (χ0v) is 12.0. The fraction of sp³-hybridized carbons (Fsp3) is 0.417. The summed E-state index contributed by atoms with van der Waals surface area (Å²) in [6.45, 7) is 2.74. The van der Waals surface area contributed by atoms with Crippen LogP contribution in [-0.4, -0.2) is 19.2 Å². The molecule has 7 heteroatoms. The highest BCUT2D eigenvalue weighted by Crippen LogP contribution is 2.31. The molecule has 19 heavy (non-hydrogen) atoms. The van der Waals surface area contributed by atoms with E-state index in [2.05, 4.69) is 10.2 Å². The van der Waals surface area contributed by atoms with Crippen molar-refractivity contribution in [2.45, 2.75) is 26.3 Å². The highest BCUT2D eigenvalue weighted by molar-refractivity contribution is 7.71. The SMILES string of the molecule is Cc1csc2c(=O)n(CC3CC3)c3n[nH]c(=S)n3c12. The standard InChI is InChI=1S/C12H12N4OS2/c1-6-5-19-9-8(6)16-11(13-14-12(16)18)15(10(9)17)4-7-2-3-7/h5,7H,2-4H2,1H3,(H,14,18). The first kappa shape index (κ1) is 11.4. The van der Waals surface area contributed by atoms with E-state index in [0.29, 0.717) is 16.5 Å². The van der Waals surface area contributed by atoms with E-state index < -0.39 is 0 Å². The average Bonchev–Trinajstić information content (AvgIpc) is 3.02. The normalized spacial score (nSPS) is 15.6. The van der Waals surface area contributed by atoms with E-state index in [1.165, 1.54) is 24.2 Å². The van der Waals surface area contributed by atoms with Crippen molar-refractivity contribution in [1.29, 1.82) is 0 Å². The Morgan fingerprint density at radius 3 is 3.11 bits per heavy atom. The second kappa shape index (κ2) is 3.77. The minimum Gasteiger partial charge on any atom is -0.275 e. The van der Waals surface area contributed by atoms with E-state index in [4.69, 9.17) is 12.2 Å². The maximum absolute atomic E-state index is 12.6. The van der Waals surface area contributed by atoms with Gasteiger partial charge in [-0.2, -0.15) is 0 Å². The number of fused-ring (bicyclic) bond motifs is 3. The Morgan fingerprint density at radius 1 is 1.58 bits per heavy atom. The van der Waals surface area contributed by atoms with E-state index in [1.54, 1.807) is 4.57 Å². The summed E-state index contributed by atoms with van der Waals surface area (Å²) in [7, 11) is 0. The fourth-order valence-corrected chi connectivity index (χ4v) is 3.68. The van der Waals surface area contributed by atoms with Crippen LogP contribution in [0.2, 0.25) is 0 Å². The summed E-state index contributed by atoms with van der Waals surface area (Å²) in [5.41, 5.74) is 2.02. The van der Waals surface area contributed by atoms with Gasteiger partial charge in [0.15, 0.2) is 0 Å². The smallest absolute Gasteiger partial charge is 0.272 e. The first-order valence-corrected chi connectivity index (χ1v) is 7.53. The Balaban J connectivity index is 2.22. The van der Waals surface area contributed by atoms with E-state index in [-0.39, 0.29) is 5.56 Å². The molecule has 1 N–H and O–H groups in total. The molecule has 0 unspecified atom stereocenters. The Bertz CT molecular complexity index is 909. The maximum atomic E-state index is 12.6. The van der Waals surface area contributed by atoms with E-state index in [9.17, 15) is 4.79 Å². The second-order valence-electron chi connectivity index (χ2n) is 5.12. The van der Waals surface area contributed by atoms with Crippen molar-refractivity contribution < 1.29 is 0 Å².